The van der Waals surface area contributed by atoms with Crippen molar-refractivity contribution in [2.75, 3.05) is 24.2 Å². The lowest BCUT2D eigenvalue weighted by atomic mass is 10.1. The molecule has 0 amide bonds. The lowest BCUT2D eigenvalue weighted by Gasteiger charge is -2.23. The van der Waals surface area contributed by atoms with Gasteiger partial charge < -0.3 is 25.3 Å². The van der Waals surface area contributed by atoms with Crippen LogP contribution >= 0.6 is 11.8 Å². The predicted molar refractivity (Wildman–Crippen MR) is 142 cm³/mol. The van der Waals surface area contributed by atoms with Crippen molar-refractivity contribution >= 4 is 28.7 Å². The maximum absolute atomic E-state index is 13.8. The first kappa shape index (κ1) is 26.8. The van der Waals surface area contributed by atoms with Gasteiger partial charge in [-0.05, 0) is 44.4 Å². The first-order chi connectivity index (χ1) is 18.8. The number of nitrogens with two attached hydrogens (primary N) is 1. The van der Waals surface area contributed by atoms with Crippen molar-refractivity contribution in [1.82, 2.24) is 25.0 Å². The number of rotatable bonds is 10. The van der Waals surface area contributed by atoms with E-state index in [9.17, 15) is 8.78 Å². The van der Waals surface area contributed by atoms with Gasteiger partial charge in [0, 0.05) is 30.7 Å². The van der Waals surface area contributed by atoms with E-state index in [4.69, 9.17) is 29.9 Å². The molecule has 1 saturated heterocycles. The van der Waals surface area contributed by atoms with Gasteiger partial charge in [-0.2, -0.15) is 0 Å². The highest BCUT2D eigenvalue weighted by Gasteiger charge is 2.56. The summed E-state index contributed by atoms with van der Waals surface area (Å²) in [5, 5.41) is 13.1. The van der Waals surface area contributed by atoms with Crippen LogP contribution in [0.15, 0.2) is 23.4 Å². The van der Waals surface area contributed by atoms with Crippen LogP contribution in [0, 0.1) is 11.6 Å². The molecule has 3 aliphatic rings. The number of hydrogen-bond donors (Lipinski definition) is 2. The Bertz CT molecular complexity index is 1360. The molecule has 0 unspecified atom stereocenters. The maximum atomic E-state index is 13.8. The molecule has 2 aliphatic carbocycles. The summed E-state index contributed by atoms with van der Waals surface area (Å²) in [6.45, 7) is 6.74. The van der Waals surface area contributed by atoms with Crippen molar-refractivity contribution in [3.63, 3.8) is 0 Å². The van der Waals surface area contributed by atoms with E-state index in [1.807, 2.05) is 18.5 Å². The van der Waals surface area contributed by atoms with Crippen LogP contribution in [0.1, 0.15) is 57.6 Å². The van der Waals surface area contributed by atoms with Crippen LogP contribution in [-0.2, 0) is 14.2 Å². The minimum absolute atomic E-state index is 0.0133. The molecule has 0 radical (unpaired) electrons. The minimum Gasteiger partial charge on any atom is -0.374 e. The Labute approximate surface area is 229 Å². The Morgan fingerprint density at radius 2 is 2.00 bits per heavy atom. The molecule has 210 valence electrons. The van der Waals surface area contributed by atoms with Crippen LogP contribution < -0.4 is 11.1 Å². The van der Waals surface area contributed by atoms with E-state index in [0.717, 1.165) is 24.2 Å². The summed E-state index contributed by atoms with van der Waals surface area (Å²) in [4.78, 5) is 9.60. The lowest BCUT2D eigenvalue weighted by Crippen LogP contribution is -2.32. The number of anilines is 1. The zero-order chi connectivity index (χ0) is 27.3. The normalized spacial score (nSPS) is 29.2. The molecule has 10 nitrogen and oxygen atoms in total. The molecular formula is C26H33F2N7O3S. The van der Waals surface area contributed by atoms with Crippen molar-refractivity contribution in [2.24, 2.45) is 5.73 Å². The molecular weight excluding hydrogens is 528 g/mol. The molecule has 0 bridgehead atoms. The smallest absolute Gasteiger partial charge is 0.191 e. The van der Waals surface area contributed by atoms with Gasteiger partial charge in [-0.1, -0.05) is 30.0 Å². The van der Waals surface area contributed by atoms with Crippen LogP contribution in [0.25, 0.3) is 11.2 Å². The summed E-state index contributed by atoms with van der Waals surface area (Å²) in [7, 11) is 0. The van der Waals surface area contributed by atoms with Gasteiger partial charge in [-0.15, -0.1) is 5.10 Å². The lowest BCUT2D eigenvalue weighted by molar-refractivity contribution is -0.170. The second-order valence-electron chi connectivity index (χ2n) is 10.7. The second kappa shape index (κ2) is 10.5. The van der Waals surface area contributed by atoms with Gasteiger partial charge in [-0.25, -0.2) is 23.4 Å². The number of thioether (sulfide) groups is 1. The molecule has 13 heteroatoms. The molecule has 3 aromatic rings. The monoisotopic (exact) mass is 561 g/mol. The van der Waals surface area contributed by atoms with Gasteiger partial charge in [-0.3, -0.25) is 0 Å². The number of fused-ring (bicyclic) bond motifs is 2. The van der Waals surface area contributed by atoms with Crippen LogP contribution in [0.3, 0.4) is 0 Å². The Morgan fingerprint density at radius 1 is 1.18 bits per heavy atom. The Hall–Kier alpha value is -2.45. The zero-order valence-electron chi connectivity index (χ0n) is 22.1. The minimum atomic E-state index is -0.847. The standard InChI is InChI=1S/C26H33F2N7O3S/c1-4-9-39-25-31-23(30-17-11-14(17)13-5-6-15(27)16(28)10-13)20-24(32-25)35(34-33-20)18-12-19(36-8-7-29)22-21(18)37-26(2,3)38-22/h5-6,10,14,17-19,21-22H,4,7-9,11-12,29H2,1-3H3,(H,30,31,32)/t14-,17+,18-,19-,21-,22+/m0/s1. The SMILES string of the molecule is CCCSc1nc(N[C@@H]2C[C@H]2c2ccc(F)c(F)c2)c2nnn([C@H]3C[C@H](OCCN)[C@H]4OC(C)(C)O[C@H]43)c2n1. The average Bonchev–Trinajstić information content (AvgIpc) is 3.24. The first-order valence-corrected chi connectivity index (χ1v) is 14.4. The number of halogens is 2. The third kappa shape index (κ3) is 5.22. The maximum Gasteiger partial charge on any atom is 0.191 e. The van der Waals surface area contributed by atoms with Crippen LogP contribution in [0.5, 0.6) is 0 Å². The quantitative estimate of drug-likeness (QED) is 0.279. The van der Waals surface area contributed by atoms with Gasteiger partial charge >= 0.3 is 0 Å². The Morgan fingerprint density at radius 3 is 2.77 bits per heavy atom. The highest BCUT2D eigenvalue weighted by Crippen LogP contribution is 2.46. The number of aromatic nitrogens is 5. The number of benzene rings is 1. The molecule has 3 N–H and O–H groups in total. The van der Waals surface area contributed by atoms with Crippen molar-refractivity contribution in [3.05, 3.63) is 35.4 Å². The number of ether oxygens (including phenoxy) is 3. The fraction of sp³-hybridized carbons (Fsp3) is 0.615. The fourth-order valence-electron chi connectivity index (χ4n) is 5.56. The number of hydrogen-bond acceptors (Lipinski definition) is 10. The predicted octanol–water partition coefficient (Wildman–Crippen LogP) is 3.78. The molecule has 1 aliphatic heterocycles. The summed E-state index contributed by atoms with van der Waals surface area (Å²) in [6.07, 6.45) is 1.63. The van der Waals surface area contributed by atoms with Crippen LogP contribution in [0.4, 0.5) is 14.6 Å². The highest BCUT2D eigenvalue weighted by atomic mass is 32.2. The largest absolute Gasteiger partial charge is 0.374 e. The molecule has 39 heavy (non-hydrogen) atoms. The van der Waals surface area contributed by atoms with E-state index in [2.05, 4.69) is 22.6 Å². The summed E-state index contributed by atoms with van der Waals surface area (Å²) in [6, 6.07) is 3.88. The molecule has 3 heterocycles. The molecule has 0 spiro atoms. The Kier molecular flexibility index (Phi) is 7.21. The summed E-state index contributed by atoms with van der Waals surface area (Å²) < 4.78 is 47.6. The van der Waals surface area contributed by atoms with E-state index in [0.29, 0.717) is 41.7 Å². The Balaban J connectivity index is 1.31. The van der Waals surface area contributed by atoms with E-state index >= 15 is 0 Å². The average molecular weight is 562 g/mol. The third-order valence-corrected chi connectivity index (χ3v) is 8.42. The number of nitrogens with zero attached hydrogens (tertiary/aromatic N) is 5. The molecule has 2 aromatic heterocycles. The fourth-order valence-corrected chi connectivity index (χ4v) is 6.26. The van der Waals surface area contributed by atoms with Gasteiger partial charge in [0.2, 0.25) is 0 Å². The van der Waals surface area contributed by atoms with E-state index < -0.39 is 17.4 Å². The van der Waals surface area contributed by atoms with E-state index in [1.54, 1.807) is 17.8 Å². The first-order valence-electron chi connectivity index (χ1n) is 13.4. The molecule has 6 rings (SSSR count). The van der Waals surface area contributed by atoms with E-state index in [-0.39, 0.29) is 36.3 Å². The topological polar surface area (TPSA) is 122 Å². The van der Waals surface area contributed by atoms with Crippen LogP contribution in [-0.4, -0.2) is 74.0 Å². The molecule has 2 saturated carbocycles. The van der Waals surface area contributed by atoms with Gasteiger partial charge in [0.25, 0.3) is 0 Å². The summed E-state index contributed by atoms with van der Waals surface area (Å²) in [5.74, 6) is -0.946. The second-order valence-corrected chi connectivity index (χ2v) is 11.8. The summed E-state index contributed by atoms with van der Waals surface area (Å²) >= 11 is 1.57. The van der Waals surface area contributed by atoms with E-state index in [1.165, 1.54) is 12.1 Å². The summed E-state index contributed by atoms with van der Waals surface area (Å²) in [5.41, 5.74) is 7.60. The van der Waals surface area contributed by atoms with Gasteiger partial charge in [0.1, 0.15) is 12.2 Å². The molecule has 3 fully saturated rings. The number of nitrogens with one attached hydrogen (secondary N) is 1. The molecule has 6 atom stereocenters. The molecule has 1 aromatic carbocycles. The van der Waals surface area contributed by atoms with Crippen molar-refractivity contribution in [3.8, 4) is 0 Å². The van der Waals surface area contributed by atoms with Crippen molar-refractivity contribution in [1.29, 1.82) is 0 Å². The van der Waals surface area contributed by atoms with Crippen LogP contribution in [0.2, 0.25) is 0 Å². The van der Waals surface area contributed by atoms with Crippen molar-refractivity contribution in [2.45, 2.75) is 87.3 Å². The van der Waals surface area contributed by atoms with Gasteiger partial charge in [0.15, 0.2) is 39.6 Å². The highest BCUT2D eigenvalue weighted by molar-refractivity contribution is 7.99. The zero-order valence-corrected chi connectivity index (χ0v) is 23.0. The third-order valence-electron chi connectivity index (χ3n) is 7.37. The van der Waals surface area contributed by atoms with Gasteiger partial charge in [0.05, 0.1) is 18.8 Å². The van der Waals surface area contributed by atoms with Crippen molar-refractivity contribution < 1.29 is 23.0 Å².